The number of aliphatic carboxylic acids is 1. The quantitative estimate of drug-likeness (QED) is 0.940. The van der Waals surface area contributed by atoms with E-state index >= 15 is 0 Å². The van der Waals surface area contributed by atoms with Crippen LogP contribution in [0.1, 0.15) is 13.3 Å². The molecule has 1 aliphatic rings. The lowest BCUT2D eigenvalue weighted by atomic mass is 10.0. The predicted molar refractivity (Wildman–Crippen MR) is 80.9 cm³/mol. The van der Waals surface area contributed by atoms with Crippen LogP contribution in [0.25, 0.3) is 10.1 Å². The lowest BCUT2D eigenvalue weighted by Gasteiger charge is -2.13. The van der Waals surface area contributed by atoms with Crippen LogP contribution < -0.4 is 4.90 Å². The minimum absolute atomic E-state index is 0.332. The summed E-state index contributed by atoms with van der Waals surface area (Å²) in [5.74, 6) is -1.40. The van der Waals surface area contributed by atoms with Crippen molar-refractivity contribution in [2.75, 3.05) is 11.4 Å². The summed E-state index contributed by atoms with van der Waals surface area (Å²) in [6, 6.07) is 7.86. The van der Waals surface area contributed by atoms with Crippen molar-refractivity contribution in [3.05, 3.63) is 29.6 Å². The van der Waals surface area contributed by atoms with Gasteiger partial charge in [-0.2, -0.15) is 0 Å². The number of hydrogen-bond acceptors (Lipinski definition) is 4. The summed E-state index contributed by atoms with van der Waals surface area (Å²) in [7, 11) is 0. The monoisotopic (exact) mass is 305 g/mol. The molecule has 2 unspecified atom stereocenters. The minimum atomic E-state index is -0.871. The maximum Gasteiger partial charge on any atom is 0.414 e. The van der Waals surface area contributed by atoms with Crippen molar-refractivity contribution in [1.29, 1.82) is 0 Å². The highest BCUT2D eigenvalue weighted by Gasteiger charge is 2.34. The van der Waals surface area contributed by atoms with Gasteiger partial charge in [0.1, 0.15) is 6.10 Å². The number of rotatable bonds is 4. The molecule has 1 saturated heterocycles. The summed E-state index contributed by atoms with van der Waals surface area (Å²) in [5, 5.41) is 12.1. The van der Waals surface area contributed by atoms with E-state index in [4.69, 9.17) is 9.84 Å². The molecule has 2 heterocycles. The molecule has 0 bridgehead atoms. The zero-order chi connectivity index (χ0) is 15.0. The van der Waals surface area contributed by atoms with Crippen molar-refractivity contribution >= 4 is 39.2 Å². The normalized spacial score (nSPS) is 19.8. The molecule has 0 saturated carbocycles. The van der Waals surface area contributed by atoms with Gasteiger partial charge in [0.2, 0.25) is 0 Å². The van der Waals surface area contributed by atoms with Gasteiger partial charge in [-0.15, -0.1) is 11.3 Å². The van der Waals surface area contributed by atoms with Crippen LogP contribution in [0.4, 0.5) is 10.5 Å². The Balaban J connectivity index is 1.76. The van der Waals surface area contributed by atoms with Gasteiger partial charge in [0.15, 0.2) is 0 Å². The van der Waals surface area contributed by atoms with Gasteiger partial charge in [-0.3, -0.25) is 9.69 Å². The second-order valence-electron chi connectivity index (χ2n) is 5.23. The minimum Gasteiger partial charge on any atom is -0.481 e. The second-order valence-corrected chi connectivity index (χ2v) is 6.18. The average molecular weight is 305 g/mol. The molecular formula is C15H15NO4S. The fourth-order valence-corrected chi connectivity index (χ4v) is 3.28. The van der Waals surface area contributed by atoms with E-state index < -0.39 is 18.0 Å². The number of cyclic esters (lactones) is 1. The zero-order valence-electron chi connectivity index (χ0n) is 11.5. The molecule has 6 heteroatoms. The molecule has 1 fully saturated rings. The molecule has 21 heavy (non-hydrogen) atoms. The smallest absolute Gasteiger partial charge is 0.414 e. The number of amides is 1. The third-order valence-corrected chi connectivity index (χ3v) is 4.54. The van der Waals surface area contributed by atoms with Gasteiger partial charge in [0.25, 0.3) is 0 Å². The Morgan fingerprint density at radius 1 is 1.52 bits per heavy atom. The Hall–Kier alpha value is -2.08. The van der Waals surface area contributed by atoms with Crippen molar-refractivity contribution in [2.24, 2.45) is 5.92 Å². The Morgan fingerprint density at radius 3 is 3.10 bits per heavy atom. The first-order valence-corrected chi connectivity index (χ1v) is 7.61. The molecule has 1 aromatic carbocycles. The van der Waals surface area contributed by atoms with Crippen LogP contribution in [0.2, 0.25) is 0 Å². The number of benzene rings is 1. The third-order valence-electron chi connectivity index (χ3n) is 3.66. The van der Waals surface area contributed by atoms with E-state index in [-0.39, 0.29) is 6.10 Å². The van der Waals surface area contributed by atoms with Gasteiger partial charge in [-0.25, -0.2) is 4.79 Å². The highest BCUT2D eigenvalue weighted by Crippen LogP contribution is 2.30. The van der Waals surface area contributed by atoms with E-state index in [0.717, 1.165) is 15.8 Å². The molecule has 0 aliphatic carbocycles. The number of anilines is 1. The standard InChI is InChI=1S/C15H15NO4S/c1-9(14(17)18)6-12-8-16(15(19)20-12)11-3-2-10-4-5-21-13(10)7-11/h2-5,7,9,12H,6,8H2,1H3,(H,17,18). The number of carbonyl (C=O) groups is 2. The Bertz CT molecular complexity index is 696. The van der Waals surface area contributed by atoms with E-state index in [2.05, 4.69) is 0 Å². The fourth-order valence-electron chi connectivity index (χ4n) is 2.46. The summed E-state index contributed by atoms with van der Waals surface area (Å²) >= 11 is 1.62. The summed E-state index contributed by atoms with van der Waals surface area (Å²) in [6.45, 7) is 2.02. The largest absolute Gasteiger partial charge is 0.481 e. The molecule has 1 amide bonds. The van der Waals surface area contributed by atoms with Crippen LogP contribution >= 0.6 is 11.3 Å². The fraction of sp³-hybridized carbons (Fsp3) is 0.333. The van der Waals surface area contributed by atoms with Crippen molar-refractivity contribution < 1.29 is 19.4 Å². The maximum absolute atomic E-state index is 12.0. The number of ether oxygens (including phenoxy) is 1. The SMILES string of the molecule is CC(CC1CN(c2ccc3ccsc3c2)C(=O)O1)C(=O)O. The van der Waals surface area contributed by atoms with Gasteiger partial charge in [0.05, 0.1) is 12.5 Å². The van der Waals surface area contributed by atoms with E-state index in [1.54, 1.807) is 23.2 Å². The number of carboxylic acid groups (broad SMARTS) is 1. The van der Waals surface area contributed by atoms with E-state index in [9.17, 15) is 9.59 Å². The molecule has 0 spiro atoms. The van der Waals surface area contributed by atoms with E-state index in [1.165, 1.54) is 0 Å². The first kappa shape index (κ1) is 13.9. The van der Waals surface area contributed by atoms with Gasteiger partial charge in [0, 0.05) is 10.4 Å². The zero-order valence-corrected chi connectivity index (χ0v) is 12.3. The Morgan fingerprint density at radius 2 is 2.33 bits per heavy atom. The molecule has 5 nitrogen and oxygen atoms in total. The molecule has 0 radical (unpaired) electrons. The summed E-state index contributed by atoms with van der Waals surface area (Å²) < 4.78 is 6.38. The highest BCUT2D eigenvalue weighted by molar-refractivity contribution is 7.17. The first-order valence-electron chi connectivity index (χ1n) is 6.73. The number of hydrogen-bond donors (Lipinski definition) is 1. The topological polar surface area (TPSA) is 66.8 Å². The van der Waals surface area contributed by atoms with Gasteiger partial charge in [-0.05, 0) is 35.4 Å². The van der Waals surface area contributed by atoms with Crippen LogP contribution in [0.5, 0.6) is 0 Å². The van der Waals surface area contributed by atoms with Crippen molar-refractivity contribution in [3.8, 4) is 0 Å². The lowest BCUT2D eigenvalue weighted by Crippen LogP contribution is -2.25. The van der Waals surface area contributed by atoms with E-state index in [0.29, 0.717) is 13.0 Å². The van der Waals surface area contributed by atoms with Gasteiger partial charge < -0.3 is 9.84 Å². The summed E-state index contributed by atoms with van der Waals surface area (Å²) in [4.78, 5) is 24.4. The Kier molecular flexibility index (Phi) is 3.55. The number of carboxylic acids is 1. The number of carbonyl (C=O) groups excluding carboxylic acids is 1. The van der Waals surface area contributed by atoms with Gasteiger partial charge in [-0.1, -0.05) is 13.0 Å². The van der Waals surface area contributed by atoms with Crippen LogP contribution in [-0.2, 0) is 9.53 Å². The predicted octanol–water partition coefficient (Wildman–Crippen LogP) is 3.34. The second kappa shape index (κ2) is 5.37. The molecular weight excluding hydrogens is 290 g/mol. The maximum atomic E-state index is 12.0. The molecule has 1 aromatic heterocycles. The number of nitrogens with zero attached hydrogens (tertiary/aromatic N) is 1. The van der Waals surface area contributed by atoms with Gasteiger partial charge >= 0.3 is 12.1 Å². The molecule has 2 aromatic rings. The van der Waals surface area contributed by atoms with Crippen molar-refractivity contribution in [3.63, 3.8) is 0 Å². The lowest BCUT2D eigenvalue weighted by molar-refractivity contribution is -0.142. The van der Waals surface area contributed by atoms with Crippen molar-refractivity contribution in [2.45, 2.75) is 19.4 Å². The number of thiophene rings is 1. The summed E-state index contributed by atoms with van der Waals surface area (Å²) in [5.41, 5.74) is 0.792. The van der Waals surface area contributed by atoms with E-state index in [1.807, 2.05) is 29.6 Å². The Labute approximate surface area is 125 Å². The molecule has 1 N–H and O–H groups in total. The highest BCUT2D eigenvalue weighted by atomic mass is 32.1. The molecule has 110 valence electrons. The molecule has 1 aliphatic heterocycles. The van der Waals surface area contributed by atoms with Crippen LogP contribution in [0.3, 0.4) is 0 Å². The summed E-state index contributed by atoms with van der Waals surface area (Å²) in [6.07, 6.45) is -0.449. The number of fused-ring (bicyclic) bond motifs is 1. The van der Waals surface area contributed by atoms with Crippen LogP contribution in [-0.4, -0.2) is 29.8 Å². The molecule has 2 atom stereocenters. The van der Waals surface area contributed by atoms with Crippen LogP contribution in [0.15, 0.2) is 29.6 Å². The van der Waals surface area contributed by atoms with Crippen LogP contribution in [0, 0.1) is 5.92 Å². The first-order chi connectivity index (χ1) is 10.0. The molecule has 3 rings (SSSR count). The third kappa shape index (κ3) is 2.71. The average Bonchev–Trinajstić information content (AvgIpc) is 3.04. The van der Waals surface area contributed by atoms with Crippen molar-refractivity contribution in [1.82, 2.24) is 0 Å².